The number of aromatic nitrogens is 1. The van der Waals surface area contributed by atoms with E-state index in [-0.39, 0.29) is 22.7 Å². The van der Waals surface area contributed by atoms with Crippen LogP contribution in [0.2, 0.25) is 5.02 Å². The van der Waals surface area contributed by atoms with Crippen LogP contribution in [-0.2, 0) is 0 Å². The van der Waals surface area contributed by atoms with Crippen molar-refractivity contribution in [2.45, 2.75) is 6.92 Å². The smallest absolute Gasteiger partial charge is 0.343 e. The normalized spacial score (nSPS) is 11.0. The maximum atomic E-state index is 13.4. The van der Waals surface area contributed by atoms with Crippen LogP contribution in [0.1, 0.15) is 33.3 Å². The van der Waals surface area contributed by atoms with Gasteiger partial charge in [-0.1, -0.05) is 45.7 Å². The van der Waals surface area contributed by atoms with E-state index in [9.17, 15) is 19.7 Å². The minimum Gasteiger partial charge on any atom is -0.494 e. The lowest BCUT2D eigenvalue weighted by Gasteiger charge is -2.09. The third-order valence-corrected chi connectivity index (χ3v) is 7.13. The number of nitro benzene ring substituents is 1. The van der Waals surface area contributed by atoms with Crippen molar-refractivity contribution in [1.82, 2.24) is 10.4 Å². The van der Waals surface area contributed by atoms with Crippen molar-refractivity contribution in [3.05, 3.63) is 121 Å². The third-order valence-electron chi connectivity index (χ3n) is 6.31. The lowest BCUT2D eigenvalue weighted by molar-refractivity contribution is -0.384. The Bertz CT molecular complexity index is 1890. The van der Waals surface area contributed by atoms with E-state index in [2.05, 4.69) is 31.4 Å². The first-order chi connectivity index (χ1) is 20.7. The second-order valence-corrected chi connectivity index (χ2v) is 10.4. The number of H-pyrrole nitrogens is 1. The van der Waals surface area contributed by atoms with Gasteiger partial charge in [0, 0.05) is 49.2 Å². The summed E-state index contributed by atoms with van der Waals surface area (Å²) in [4.78, 5) is 39.7. The zero-order valence-corrected chi connectivity index (χ0v) is 24.8. The van der Waals surface area contributed by atoms with Gasteiger partial charge in [0.05, 0.1) is 23.3 Å². The van der Waals surface area contributed by atoms with Gasteiger partial charge in [0.2, 0.25) is 0 Å². The Morgan fingerprint density at radius 1 is 1.07 bits per heavy atom. The molecule has 1 aromatic heterocycles. The number of hydrogen-bond donors (Lipinski definition) is 2. The quantitative estimate of drug-likeness (QED) is 0.0551. The number of fused-ring (bicyclic) bond motifs is 1. The van der Waals surface area contributed by atoms with E-state index in [1.807, 2.05) is 37.3 Å². The van der Waals surface area contributed by atoms with Crippen molar-refractivity contribution in [3.63, 3.8) is 0 Å². The maximum Gasteiger partial charge on any atom is 0.343 e. The average Bonchev–Trinajstić information content (AvgIpc) is 3.37. The fraction of sp³-hybridized carbons (Fsp3) is 0.0645. The summed E-state index contributed by atoms with van der Waals surface area (Å²) in [5.74, 6) is -0.433. The number of benzene rings is 4. The first-order valence-electron chi connectivity index (χ1n) is 12.9. The third kappa shape index (κ3) is 6.58. The van der Waals surface area contributed by atoms with Crippen LogP contribution in [0.25, 0.3) is 22.0 Å². The van der Waals surface area contributed by atoms with Crippen molar-refractivity contribution in [3.8, 4) is 22.6 Å². The van der Waals surface area contributed by atoms with E-state index < -0.39 is 16.8 Å². The van der Waals surface area contributed by atoms with Crippen LogP contribution < -0.4 is 14.9 Å². The minimum absolute atomic E-state index is 0.128. The first kappa shape index (κ1) is 29.5. The van der Waals surface area contributed by atoms with E-state index in [0.29, 0.717) is 44.1 Å². The maximum absolute atomic E-state index is 13.4. The van der Waals surface area contributed by atoms with E-state index in [4.69, 9.17) is 21.1 Å². The number of nitrogens with zero attached hydrogens (tertiary/aromatic N) is 2. The van der Waals surface area contributed by atoms with E-state index in [0.717, 1.165) is 5.39 Å². The van der Waals surface area contributed by atoms with Gasteiger partial charge in [0.15, 0.2) is 0 Å². The van der Waals surface area contributed by atoms with Crippen molar-refractivity contribution in [2.24, 2.45) is 5.10 Å². The lowest BCUT2D eigenvalue weighted by Crippen LogP contribution is -2.19. The van der Waals surface area contributed by atoms with Gasteiger partial charge in [-0.15, -0.1) is 0 Å². The minimum atomic E-state index is -0.718. The Labute approximate surface area is 258 Å². The molecule has 43 heavy (non-hydrogen) atoms. The van der Waals surface area contributed by atoms with Crippen LogP contribution in [-0.4, -0.2) is 34.6 Å². The van der Waals surface area contributed by atoms with Crippen LogP contribution >= 0.6 is 27.5 Å². The van der Waals surface area contributed by atoms with Gasteiger partial charge in [-0.3, -0.25) is 14.9 Å². The topological polar surface area (TPSA) is 136 Å². The average molecular weight is 662 g/mol. The highest BCUT2D eigenvalue weighted by molar-refractivity contribution is 9.10. The number of carbonyl (C=O) groups is 2. The number of non-ortho nitro benzene ring substituents is 1. The predicted octanol–water partition coefficient (Wildman–Crippen LogP) is 7.54. The number of amides is 1. The molecular formula is C31H22BrClN4O6. The molecule has 0 bridgehead atoms. The molecule has 0 radical (unpaired) electrons. The molecule has 0 aliphatic rings. The largest absolute Gasteiger partial charge is 0.494 e. The molecule has 1 amide bonds. The highest BCUT2D eigenvalue weighted by Gasteiger charge is 2.21. The van der Waals surface area contributed by atoms with Gasteiger partial charge < -0.3 is 14.5 Å². The summed E-state index contributed by atoms with van der Waals surface area (Å²) in [5.41, 5.74) is 5.10. The lowest BCUT2D eigenvalue weighted by atomic mass is 10.0. The summed E-state index contributed by atoms with van der Waals surface area (Å²) >= 11 is 9.92. The first-order valence-corrected chi connectivity index (χ1v) is 14.0. The monoisotopic (exact) mass is 660 g/mol. The zero-order valence-electron chi connectivity index (χ0n) is 22.5. The molecule has 5 rings (SSSR count). The van der Waals surface area contributed by atoms with Crippen LogP contribution in [0.5, 0.6) is 11.5 Å². The van der Waals surface area contributed by atoms with Crippen LogP contribution in [0.3, 0.4) is 0 Å². The van der Waals surface area contributed by atoms with Gasteiger partial charge >= 0.3 is 5.97 Å². The Morgan fingerprint density at radius 2 is 1.84 bits per heavy atom. The number of hydrazone groups is 1. The van der Waals surface area contributed by atoms with E-state index in [1.54, 1.807) is 30.3 Å². The number of aromatic amines is 1. The predicted molar refractivity (Wildman–Crippen MR) is 167 cm³/mol. The molecule has 0 saturated heterocycles. The second-order valence-electron chi connectivity index (χ2n) is 9.07. The molecule has 0 aliphatic carbocycles. The van der Waals surface area contributed by atoms with Crippen molar-refractivity contribution in [2.75, 3.05) is 6.61 Å². The number of hydrogen-bond acceptors (Lipinski definition) is 7. The number of ether oxygens (including phenoxy) is 2. The molecule has 0 saturated carbocycles. The second kappa shape index (κ2) is 12.9. The van der Waals surface area contributed by atoms with Gasteiger partial charge in [-0.25, -0.2) is 10.2 Å². The molecule has 0 unspecified atom stereocenters. The highest BCUT2D eigenvalue weighted by atomic mass is 79.9. The molecule has 216 valence electrons. The van der Waals surface area contributed by atoms with Crippen LogP contribution in [0.4, 0.5) is 5.69 Å². The molecule has 1 heterocycles. The summed E-state index contributed by atoms with van der Waals surface area (Å²) < 4.78 is 11.9. The Morgan fingerprint density at radius 3 is 2.56 bits per heavy atom. The molecule has 2 N–H and O–H groups in total. The Balaban J connectivity index is 1.42. The van der Waals surface area contributed by atoms with Gasteiger partial charge in [0.1, 0.15) is 17.2 Å². The molecule has 0 atom stereocenters. The van der Waals surface area contributed by atoms with Gasteiger partial charge in [0.25, 0.3) is 11.6 Å². The Kier molecular flexibility index (Phi) is 8.84. The summed E-state index contributed by atoms with van der Waals surface area (Å²) in [6.07, 6.45) is 1.34. The van der Waals surface area contributed by atoms with Crippen LogP contribution in [0, 0.1) is 10.1 Å². The van der Waals surface area contributed by atoms with Crippen molar-refractivity contribution >= 4 is 62.2 Å². The van der Waals surface area contributed by atoms with E-state index in [1.165, 1.54) is 30.5 Å². The highest BCUT2D eigenvalue weighted by Crippen LogP contribution is 2.38. The number of rotatable bonds is 9. The van der Waals surface area contributed by atoms with Crippen LogP contribution in [0.15, 0.2) is 94.5 Å². The standard InChI is InChI=1S/C31H22BrClN4O6/c1-2-42-22-12-13-26-24(16-22)28(23-5-3-4-6-25(23)33)29(35-26)30(38)36-34-17-19-15-20(32)9-14-27(19)43-31(39)18-7-10-21(11-8-18)37(40)41/h3-17,35H,2H2,1H3,(H,36,38). The number of carbonyl (C=O) groups excluding carboxylic acids is 2. The molecule has 10 nitrogen and oxygen atoms in total. The number of nitrogens with one attached hydrogen (secondary N) is 2. The molecule has 0 spiro atoms. The molecule has 12 heteroatoms. The van der Waals surface area contributed by atoms with Crippen molar-refractivity contribution < 1.29 is 24.0 Å². The fourth-order valence-electron chi connectivity index (χ4n) is 4.35. The van der Waals surface area contributed by atoms with Crippen molar-refractivity contribution in [1.29, 1.82) is 0 Å². The summed E-state index contributed by atoms with van der Waals surface area (Å²) in [6.45, 7) is 2.38. The van der Waals surface area contributed by atoms with Gasteiger partial charge in [-0.05, 0) is 61.5 Å². The summed E-state index contributed by atoms with van der Waals surface area (Å²) in [6, 6.07) is 22.6. The SMILES string of the molecule is CCOc1ccc2[nH]c(C(=O)NN=Cc3cc(Br)ccc3OC(=O)c3ccc([N+](=O)[O-])cc3)c(-c3ccccc3Cl)c2c1. The molecule has 5 aromatic rings. The molecule has 4 aromatic carbocycles. The number of nitro groups is 1. The zero-order chi connectivity index (χ0) is 30.5. The van der Waals surface area contributed by atoms with E-state index >= 15 is 0 Å². The molecule has 0 fully saturated rings. The summed E-state index contributed by atoms with van der Waals surface area (Å²) in [7, 11) is 0. The molecular weight excluding hydrogens is 640 g/mol. The number of esters is 1. The number of halogens is 2. The fourth-order valence-corrected chi connectivity index (χ4v) is 4.96. The summed E-state index contributed by atoms with van der Waals surface area (Å²) in [5, 5.41) is 16.2. The molecule has 0 aliphatic heterocycles. The Hall–Kier alpha value is -5.00. The van der Waals surface area contributed by atoms with Gasteiger partial charge in [-0.2, -0.15) is 5.10 Å².